The maximum Gasteiger partial charge on any atom is 0.231 e. The smallest absolute Gasteiger partial charge is 0.231 e. The number of benzene rings is 3. The standard InChI is InChI=1S/C23H18FN3/c1-15-6-8-16(9-7-15)20-14-22(17-10-12-18(24)13-11-17)27-21-5-3-2-4-19(21)25-23(27)26-20/h2-13,22H,14H2,1H3. The van der Waals surface area contributed by atoms with Gasteiger partial charge in [0.1, 0.15) is 5.82 Å². The number of aliphatic imine (C=N–C) groups is 1. The van der Waals surface area contributed by atoms with E-state index in [1.54, 1.807) is 0 Å². The van der Waals surface area contributed by atoms with Gasteiger partial charge >= 0.3 is 0 Å². The molecule has 0 spiro atoms. The van der Waals surface area contributed by atoms with Gasteiger partial charge in [0, 0.05) is 6.42 Å². The van der Waals surface area contributed by atoms with Gasteiger partial charge in [-0.15, -0.1) is 0 Å². The topological polar surface area (TPSA) is 30.2 Å². The highest BCUT2D eigenvalue weighted by Crippen LogP contribution is 2.37. The Balaban J connectivity index is 1.71. The molecule has 0 radical (unpaired) electrons. The molecule has 3 aromatic carbocycles. The van der Waals surface area contributed by atoms with Crippen LogP contribution in [0.4, 0.5) is 10.3 Å². The summed E-state index contributed by atoms with van der Waals surface area (Å²) in [6.07, 6.45) is 0.738. The van der Waals surface area contributed by atoms with E-state index in [0.717, 1.165) is 34.3 Å². The SMILES string of the molecule is Cc1ccc(C2=Nc3nc4ccccc4n3C(c3ccc(F)cc3)C2)cc1. The van der Waals surface area contributed by atoms with E-state index in [1.165, 1.54) is 17.7 Å². The molecule has 0 N–H and O–H groups in total. The van der Waals surface area contributed by atoms with Crippen LogP contribution in [0, 0.1) is 12.7 Å². The van der Waals surface area contributed by atoms with Crippen molar-refractivity contribution in [1.82, 2.24) is 9.55 Å². The Bertz CT molecular complexity index is 1150. The van der Waals surface area contributed by atoms with Gasteiger partial charge in [0.2, 0.25) is 5.95 Å². The molecule has 3 nitrogen and oxygen atoms in total. The van der Waals surface area contributed by atoms with Crippen LogP contribution in [-0.2, 0) is 0 Å². The Morgan fingerprint density at radius 1 is 0.926 bits per heavy atom. The molecular weight excluding hydrogens is 337 g/mol. The van der Waals surface area contributed by atoms with Crippen molar-refractivity contribution >= 4 is 22.7 Å². The lowest BCUT2D eigenvalue weighted by atomic mass is 9.95. The highest BCUT2D eigenvalue weighted by Gasteiger charge is 2.27. The van der Waals surface area contributed by atoms with Crippen LogP contribution in [0.2, 0.25) is 0 Å². The van der Waals surface area contributed by atoms with E-state index in [9.17, 15) is 4.39 Å². The summed E-state index contributed by atoms with van der Waals surface area (Å²) in [4.78, 5) is 9.61. The van der Waals surface area contributed by atoms with E-state index < -0.39 is 0 Å². The quantitative estimate of drug-likeness (QED) is 0.460. The number of hydrogen-bond donors (Lipinski definition) is 0. The number of fused-ring (bicyclic) bond motifs is 3. The second kappa shape index (κ2) is 6.16. The number of imidazole rings is 1. The van der Waals surface area contributed by atoms with Gasteiger partial charge in [0.15, 0.2) is 0 Å². The van der Waals surface area contributed by atoms with Crippen molar-refractivity contribution in [3.05, 3.63) is 95.3 Å². The Kier molecular flexibility index (Phi) is 3.64. The molecule has 0 saturated heterocycles. The highest BCUT2D eigenvalue weighted by atomic mass is 19.1. The normalized spacial score (nSPS) is 16.2. The molecule has 1 aliphatic heterocycles. The van der Waals surface area contributed by atoms with Crippen LogP contribution < -0.4 is 0 Å². The summed E-state index contributed by atoms with van der Waals surface area (Å²) in [6.45, 7) is 2.08. The third kappa shape index (κ3) is 2.74. The monoisotopic (exact) mass is 355 g/mol. The summed E-state index contributed by atoms with van der Waals surface area (Å²) in [5.74, 6) is 0.477. The highest BCUT2D eigenvalue weighted by molar-refractivity contribution is 6.03. The second-order valence-corrected chi connectivity index (χ2v) is 6.97. The van der Waals surface area contributed by atoms with E-state index in [2.05, 4.69) is 41.8 Å². The zero-order valence-electron chi connectivity index (χ0n) is 14.9. The molecule has 0 bridgehead atoms. The zero-order valence-corrected chi connectivity index (χ0v) is 14.9. The van der Waals surface area contributed by atoms with Gasteiger partial charge in [0.25, 0.3) is 0 Å². The molecule has 0 saturated carbocycles. The summed E-state index contributed by atoms with van der Waals surface area (Å²) < 4.78 is 15.6. The number of aryl methyl sites for hydroxylation is 1. The van der Waals surface area contributed by atoms with Gasteiger partial charge in [0.05, 0.1) is 22.8 Å². The molecule has 4 aromatic rings. The number of para-hydroxylation sites is 2. The molecule has 27 heavy (non-hydrogen) atoms. The van der Waals surface area contributed by atoms with E-state index in [0.29, 0.717) is 5.95 Å². The summed E-state index contributed by atoms with van der Waals surface area (Å²) >= 11 is 0. The minimum Gasteiger partial charge on any atom is -0.300 e. The van der Waals surface area contributed by atoms with Crippen LogP contribution in [0.25, 0.3) is 11.0 Å². The van der Waals surface area contributed by atoms with Gasteiger partial charge in [-0.2, -0.15) is 0 Å². The number of nitrogens with zero attached hydrogens (tertiary/aromatic N) is 3. The van der Waals surface area contributed by atoms with Gasteiger partial charge < -0.3 is 4.57 Å². The minimum atomic E-state index is -0.224. The zero-order chi connectivity index (χ0) is 18.4. The lowest BCUT2D eigenvalue weighted by Gasteiger charge is -2.26. The van der Waals surface area contributed by atoms with Crippen molar-refractivity contribution in [2.24, 2.45) is 4.99 Å². The second-order valence-electron chi connectivity index (χ2n) is 6.97. The summed E-state index contributed by atoms with van der Waals surface area (Å²) in [5.41, 5.74) is 6.36. The maximum absolute atomic E-state index is 13.5. The van der Waals surface area contributed by atoms with Gasteiger partial charge in [-0.1, -0.05) is 54.1 Å². The first-order chi connectivity index (χ1) is 13.2. The average Bonchev–Trinajstić information content (AvgIpc) is 3.07. The van der Waals surface area contributed by atoms with E-state index in [-0.39, 0.29) is 11.9 Å². The Morgan fingerprint density at radius 2 is 1.67 bits per heavy atom. The molecular formula is C23H18FN3. The van der Waals surface area contributed by atoms with Crippen molar-refractivity contribution in [3.8, 4) is 0 Å². The first-order valence-electron chi connectivity index (χ1n) is 9.06. The fourth-order valence-corrected chi connectivity index (χ4v) is 3.74. The van der Waals surface area contributed by atoms with Crippen LogP contribution in [-0.4, -0.2) is 15.3 Å². The van der Waals surface area contributed by atoms with Crippen LogP contribution in [0.3, 0.4) is 0 Å². The van der Waals surface area contributed by atoms with Crippen LogP contribution in [0.15, 0.2) is 77.8 Å². The number of aromatic nitrogens is 2. The molecule has 2 heterocycles. The van der Waals surface area contributed by atoms with Gasteiger partial charge in [-0.3, -0.25) is 0 Å². The molecule has 132 valence electrons. The van der Waals surface area contributed by atoms with Crippen LogP contribution in [0.1, 0.15) is 29.2 Å². The molecule has 0 aliphatic carbocycles. The summed E-state index contributed by atoms with van der Waals surface area (Å²) in [5, 5.41) is 0. The maximum atomic E-state index is 13.5. The Hall–Kier alpha value is -3.27. The molecule has 1 unspecified atom stereocenters. The Morgan fingerprint density at radius 3 is 2.44 bits per heavy atom. The van der Waals surface area contributed by atoms with Crippen molar-refractivity contribution < 1.29 is 4.39 Å². The predicted octanol–water partition coefficient (Wildman–Crippen LogP) is 5.60. The Labute approximate surface area is 156 Å². The molecule has 5 rings (SSSR count). The molecule has 1 aliphatic rings. The van der Waals surface area contributed by atoms with Gasteiger partial charge in [-0.25, -0.2) is 14.4 Å². The average molecular weight is 355 g/mol. The van der Waals surface area contributed by atoms with Gasteiger partial charge in [-0.05, 0) is 42.3 Å². The first kappa shape index (κ1) is 15.9. The van der Waals surface area contributed by atoms with Crippen molar-refractivity contribution in [2.75, 3.05) is 0 Å². The molecule has 0 amide bonds. The summed E-state index contributed by atoms with van der Waals surface area (Å²) in [7, 11) is 0. The predicted molar refractivity (Wildman–Crippen MR) is 106 cm³/mol. The third-order valence-corrected chi connectivity index (χ3v) is 5.15. The largest absolute Gasteiger partial charge is 0.300 e. The lowest BCUT2D eigenvalue weighted by molar-refractivity contribution is 0.602. The van der Waals surface area contributed by atoms with Crippen LogP contribution >= 0.6 is 0 Å². The van der Waals surface area contributed by atoms with E-state index >= 15 is 0 Å². The number of rotatable bonds is 2. The third-order valence-electron chi connectivity index (χ3n) is 5.15. The van der Waals surface area contributed by atoms with Crippen molar-refractivity contribution in [1.29, 1.82) is 0 Å². The first-order valence-corrected chi connectivity index (χ1v) is 9.06. The fourth-order valence-electron chi connectivity index (χ4n) is 3.74. The molecule has 4 heteroatoms. The number of halogens is 1. The molecule has 1 aromatic heterocycles. The lowest BCUT2D eigenvalue weighted by Crippen LogP contribution is -2.20. The van der Waals surface area contributed by atoms with E-state index in [1.807, 2.05) is 30.3 Å². The molecule has 0 fully saturated rings. The molecule has 1 atom stereocenters. The van der Waals surface area contributed by atoms with Crippen LogP contribution in [0.5, 0.6) is 0 Å². The van der Waals surface area contributed by atoms with Crippen molar-refractivity contribution in [3.63, 3.8) is 0 Å². The van der Waals surface area contributed by atoms with Crippen molar-refractivity contribution in [2.45, 2.75) is 19.4 Å². The minimum absolute atomic E-state index is 0.0294. The summed E-state index contributed by atoms with van der Waals surface area (Å²) in [6, 6.07) is 23.3. The fraction of sp³-hybridized carbons (Fsp3) is 0.130. The van der Waals surface area contributed by atoms with E-state index in [4.69, 9.17) is 9.98 Å². The number of hydrogen-bond acceptors (Lipinski definition) is 2.